The van der Waals surface area contributed by atoms with Gasteiger partial charge in [0.05, 0.1) is 0 Å². The molecule has 0 radical (unpaired) electrons. The molecule has 1 amide bonds. The van der Waals surface area contributed by atoms with Gasteiger partial charge in [-0.05, 0) is 30.4 Å². The van der Waals surface area contributed by atoms with Gasteiger partial charge in [-0.25, -0.2) is 4.39 Å². The maximum Gasteiger partial charge on any atom is 0.435 e. The molecule has 1 aromatic rings. The van der Waals surface area contributed by atoms with Gasteiger partial charge < -0.3 is 10.6 Å². The maximum atomic E-state index is 14.3. The Balaban J connectivity index is 1.99. The largest absolute Gasteiger partial charge is 0.435 e. The lowest BCUT2D eigenvalue weighted by Crippen LogP contribution is -2.50. The number of hydrogen-bond donors (Lipinski definition) is 2. The highest BCUT2D eigenvalue weighted by molar-refractivity contribution is 6.35. The predicted molar refractivity (Wildman–Crippen MR) is 84.4 cm³/mol. The standard InChI is InChI=1S/C17H16F7N3O/c18-15(16(19,20)21,17(22,23)24)9-2-3-10-8(7-9)1-4-12-11(10)5-6-27(12)14(28)13(25)26/h2-3,7,11-12H,1,4-6H2,(H3,25,26)/t11-,12+/m0/s1. The third-order valence-electron chi connectivity index (χ3n) is 5.47. The third-order valence-corrected chi connectivity index (χ3v) is 5.47. The summed E-state index contributed by atoms with van der Waals surface area (Å²) in [6, 6.07) is 1.87. The number of benzene rings is 1. The van der Waals surface area contributed by atoms with Gasteiger partial charge in [0.25, 0.3) is 5.91 Å². The second kappa shape index (κ2) is 6.35. The van der Waals surface area contributed by atoms with Gasteiger partial charge in [0.1, 0.15) is 0 Å². The van der Waals surface area contributed by atoms with E-state index in [0.29, 0.717) is 24.1 Å². The van der Waals surface area contributed by atoms with E-state index >= 15 is 0 Å². The van der Waals surface area contributed by atoms with Crippen molar-refractivity contribution < 1.29 is 35.5 Å². The van der Waals surface area contributed by atoms with Gasteiger partial charge in [-0.1, -0.05) is 18.2 Å². The number of halogens is 7. The van der Waals surface area contributed by atoms with Crippen molar-refractivity contribution in [1.82, 2.24) is 4.90 Å². The van der Waals surface area contributed by atoms with E-state index < -0.39 is 35.3 Å². The SMILES string of the molecule is N=C(N)C(=O)N1CC[C@H]2c3ccc(C(F)(C(F)(F)F)C(F)(F)F)cc3CC[C@H]21. The van der Waals surface area contributed by atoms with Crippen LogP contribution in [0, 0.1) is 5.41 Å². The summed E-state index contributed by atoms with van der Waals surface area (Å²) < 4.78 is 92.2. The minimum absolute atomic E-state index is 0.0812. The van der Waals surface area contributed by atoms with Crippen LogP contribution in [0.5, 0.6) is 0 Å². The zero-order chi connectivity index (χ0) is 21.1. The lowest BCUT2D eigenvalue weighted by Gasteiger charge is -2.35. The zero-order valence-corrected chi connectivity index (χ0v) is 14.3. The van der Waals surface area contributed by atoms with E-state index in [1.807, 2.05) is 0 Å². The van der Waals surface area contributed by atoms with Crippen molar-refractivity contribution in [2.75, 3.05) is 6.54 Å². The number of carbonyl (C=O) groups is 1. The van der Waals surface area contributed by atoms with E-state index in [1.54, 1.807) is 0 Å². The molecule has 0 aromatic heterocycles. The Morgan fingerprint density at radius 3 is 2.21 bits per heavy atom. The quantitative estimate of drug-likeness (QED) is 0.422. The zero-order valence-electron chi connectivity index (χ0n) is 14.3. The molecule has 11 heteroatoms. The minimum atomic E-state index is -6.16. The fourth-order valence-corrected chi connectivity index (χ4v) is 4.17. The second-order valence-corrected chi connectivity index (χ2v) is 6.98. The Hall–Kier alpha value is -2.33. The first-order chi connectivity index (χ1) is 12.8. The van der Waals surface area contributed by atoms with Crippen LogP contribution in [0.1, 0.15) is 35.4 Å². The van der Waals surface area contributed by atoms with E-state index in [-0.39, 0.29) is 36.9 Å². The number of alkyl halides is 7. The molecule has 1 saturated heterocycles. The van der Waals surface area contributed by atoms with Crippen LogP contribution >= 0.6 is 0 Å². The molecule has 0 spiro atoms. The number of nitrogens with one attached hydrogen (secondary N) is 1. The molecule has 3 N–H and O–H groups in total. The molecule has 1 aromatic carbocycles. The van der Waals surface area contributed by atoms with Crippen LogP contribution in [-0.4, -0.2) is 41.6 Å². The Labute approximate surface area is 155 Å². The number of carbonyl (C=O) groups excluding carboxylic acids is 1. The van der Waals surface area contributed by atoms with Gasteiger partial charge in [-0.3, -0.25) is 10.2 Å². The Morgan fingerprint density at radius 1 is 1.07 bits per heavy atom. The molecule has 1 heterocycles. The van der Waals surface area contributed by atoms with Gasteiger partial charge in [0, 0.05) is 24.1 Å². The summed E-state index contributed by atoms with van der Waals surface area (Å²) in [5.74, 6) is -1.62. The molecule has 1 aliphatic heterocycles. The number of amides is 1. The van der Waals surface area contributed by atoms with E-state index in [4.69, 9.17) is 11.1 Å². The molecule has 0 unspecified atom stereocenters. The number of nitrogens with zero attached hydrogens (tertiary/aromatic N) is 1. The van der Waals surface area contributed by atoms with Crippen LogP contribution in [0.25, 0.3) is 0 Å². The van der Waals surface area contributed by atoms with Crippen molar-refractivity contribution in [2.24, 2.45) is 5.73 Å². The fourth-order valence-electron chi connectivity index (χ4n) is 4.17. The molecule has 0 bridgehead atoms. The molecule has 2 atom stereocenters. The highest BCUT2D eigenvalue weighted by Crippen LogP contribution is 2.54. The lowest BCUT2D eigenvalue weighted by molar-refractivity contribution is -0.348. The monoisotopic (exact) mass is 411 g/mol. The van der Waals surface area contributed by atoms with Crippen LogP contribution < -0.4 is 5.73 Å². The fraction of sp³-hybridized carbons (Fsp3) is 0.529. The number of aryl methyl sites for hydroxylation is 1. The average Bonchev–Trinajstić information content (AvgIpc) is 3.01. The van der Waals surface area contributed by atoms with Gasteiger partial charge in [-0.15, -0.1) is 0 Å². The highest BCUT2D eigenvalue weighted by Gasteiger charge is 2.73. The first-order valence-corrected chi connectivity index (χ1v) is 8.39. The van der Waals surface area contributed by atoms with Crippen LogP contribution in [0.4, 0.5) is 30.7 Å². The Morgan fingerprint density at radius 2 is 1.68 bits per heavy atom. The van der Waals surface area contributed by atoms with Crippen LogP contribution in [0.3, 0.4) is 0 Å². The first-order valence-electron chi connectivity index (χ1n) is 8.39. The van der Waals surface area contributed by atoms with Crippen molar-refractivity contribution >= 4 is 11.7 Å². The van der Waals surface area contributed by atoms with E-state index in [9.17, 15) is 35.5 Å². The number of amidine groups is 1. The molecule has 28 heavy (non-hydrogen) atoms. The summed E-state index contributed by atoms with van der Waals surface area (Å²) in [6.07, 6.45) is -11.5. The molecule has 1 aliphatic carbocycles. The highest BCUT2D eigenvalue weighted by atomic mass is 19.4. The lowest BCUT2D eigenvalue weighted by atomic mass is 9.77. The van der Waals surface area contributed by atoms with Gasteiger partial charge in [-0.2, -0.15) is 26.3 Å². The molecule has 1 fully saturated rings. The molecule has 4 nitrogen and oxygen atoms in total. The number of likely N-dealkylation sites (tertiary alicyclic amines) is 1. The van der Waals surface area contributed by atoms with Crippen molar-refractivity contribution in [3.8, 4) is 0 Å². The smallest absolute Gasteiger partial charge is 0.380 e. The van der Waals surface area contributed by atoms with Crippen molar-refractivity contribution in [3.63, 3.8) is 0 Å². The van der Waals surface area contributed by atoms with E-state index in [1.165, 1.54) is 4.90 Å². The van der Waals surface area contributed by atoms with Crippen LogP contribution in [0.2, 0.25) is 0 Å². The Kier molecular flexibility index (Phi) is 4.62. The van der Waals surface area contributed by atoms with Gasteiger partial charge >= 0.3 is 18.0 Å². The third kappa shape index (κ3) is 2.91. The van der Waals surface area contributed by atoms with E-state index in [0.717, 1.165) is 6.07 Å². The van der Waals surface area contributed by atoms with Crippen LogP contribution in [0.15, 0.2) is 18.2 Å². The van der Waals surface area contributed by atoms with Crippen molar-refractivity contribution in [1.29, 1.82) is 5.41 Å². The summed E-state index contributed by atoms with van der Waals surface area (Å²) in [5.41, 5.74) is -1.05. The number of rotatable bonds is 1. The normalized spacial score (nSPS) is 22.6. The van der Waals surface area contributed by atoms with Gasteiger partial charge in [0.15, 0.2) is 5.84 Å². The second-order valence-electron chi connectivity index (χ2n) is 6.98. The number of fused-ring (bicyclic) bond motifs is 3. The summed E-state index contributed by atoms with van der Waals surface area (Å²) in [7, 11) is 0. The Bertz CT molecular complexity index is 804. The molecular formula is C17H16F7N3O. The minimum Gasteiger partial charge on any atom is -0.380 e. The molecule has 2 aliphatic rings. The number of hydrogen-bond acceptors (Lipinski definition) is 2. The van der Waals surface area contributed by atoms with Gasteiger partial charge in [0.2, 0.25) is 0 Å². The van der Waals surface area contributed by atoms with Crippen molar-refractivity contribution in [2.45, 2.75) is 49.2 Å². The van der Waals surface area contributed by atoms with E-state index in [2.05, 4.69) is 0 Å². The molecular weight excluding hydrogens is 395 g/mol. The van der Waals surface area contributed by atoms with Crippen LogP contribution in [-0.2, 0) is 16.9 Å². The summed E-state index contributed by atoms with van der Waals surface area (Å²) in [5, 5.41) is 7.26. The maximum absolute atomic E-state index is 14.3. The summed E-state index contributed by atoms with van der Waals surface area (Å²) in [4.78, 5) is 13.4. The molecule has 0 saturated carbocycles. The topological polar surface area (TPSA) is 70.2 Å². The summed E-state index contributed by atoms with van der Waals surface area (Å²) in [6.45, 7) is 0.271. The molecule has 154 valence electrons. The molecule has 3 rings (SSSR count). The first kappa shape index (κ1) is 20.4. The predicted octanol–water partition coefficient (Wildman–Crippen LogP) is 3.54. The number of nitrogens with two attached hydrogens (primary N) is 1. The summed E-state index contributed by atoms with van der Waals surface area (Å²) >= 11 is 0. The average molecular weight is 411 g/mol. The van der Waals surface area contributed by atoms with Crippen molar-refractivity contribution in [3.05, 3.63) is 34.9 Å².